The highest BCUT2D eigenvalue weighted by atomic mass is 35.5. The van der Waals surface area contributed by atoms with E-state index in [-0.39, 0.29) is 17.1 Å². The number of nitrogens with one attached hydrogen (secondary N) is 2. The number of nitro groups is 1. The van der Waals surface area contributed by atoms with Crippen LogP contribution in [-0.4, -0.2) is 27.5 Å². The van der Waals surface area contributed by atoms with Crippen molar-refractivity contribution >= 4 is 29.1 Å². The van der Waals surface area contributed by atoms with Crippen LogP contribution >= 0.6 is 11.6 Å². The summed E-state index contributed by atoms with van der Waals surface area (Å²) >= 11 is 5.76. The van der Waals surface area contributed by atoms with Crippen molar-refractivity contribution in [3.8, 4) is 0 Å². The summed E-state index contributed by atoms with van der Waals surface area (Å²) in [5, 5.41) is 19.4. The van der Waals surface area contributed by atoms with E-state index in [1.807, 2.05) is 0 Å². The Balaban J connectivity index is 3.45. The second-order valence-corrected chi connectivity index (χ2v) is 3.68. The first-order chi connectivity index (χ1) is 8.40. The van der Waals surface area contributed by atoms with Crippen molar-refractivity contribution in [2.24, 2.45) is 0 Å². The zero-order valence-corrected chi connectivity index (χ0v) is 10.4. The highest BCUT2D eigenvalue weighted by Gasteiger charge is 2.28. The standard InChI is InChI=1S/C9H11ClN4O4/c1-3-11-13-8-7(14(17)18)6(10)5(9(15)16)4(2)12-8/h11H,3H2,1-2H3,(H,12,13)(H,15,16). The topological polar surface area (TPSA) is 117 Å². The van der Waals surface area contributed by atoms with Crippen LogP contribution < -0.4 is 10.9 Å². The Bertz CT molecular complexity index is 506. The lowest BCUT2D eigenvalue weighted by molar-refractivity contribution is -0.384. The summed E-state index contributed by atoms with van der Waals surface area (Å²) in [6.07, 6.45) is 0. The molecule has 98 valence electrons. The van der Waals surface area contributed by atoms with E-state index in [9.17, 15) is 14.9 Å². The Labute approximate surface area is 107 Å². The number of rotatable bonds is 5. The van der Waals surface area contributed by atoms with Crippen molar-refractivity contribution in [3.63, 3.8) is 0 Å². The van der Waals surface area contributed by atoms with Crippen molar-refractivity contribution in [1.82, 2.24) is 10.4 Å². The lowest BCUT2D eigenvalue weighted by atomic mass is 10.2. The van der Waals surface area contributed by atoms with Gasteiger partial charge < -0.3 is 5.11 Å². The van der Waals surface area contributed by atoms with Crippen LogP contribution in [0.1, 0.15) is 23.0 Å². The van der Waals surface area contributed by atoms with Gasteiger partial charge in [0.15, 0.2) is 0 Å². The molecule has 0 aliphatic carbocycles. The van der Waals surface area contributed by atoms with Crippen LogP contribution in [0.25, 0.3) is 0 Å². The number of hydrazine groups is 1. The van der Waals surface area contributed by atoms with Gasteiger partial charge in [-0.2, -0.15) is 0 Å². The minimum atomic E-state index is -1.36. The second-order valence-electron chi connectivity index (χ2n) is 3.30. The van der Waals surface area contributed by atoms with Crippen molar-refractivity contribution in [2.75, 3.05) is 12.0 Å². The number of aromatic carboxylic acids is 1. The molecule has 3 N–H and O–H groups in total. The van der Waals surface area contributed by atoms with Crippen LogP contribution in [-0.2, 0) is 0 Å². The van der Waals surface area contributed by atoms with Gasteiger partial charge in [0.25, 0.3) is 0 Å². The zero-order valence-electron chi connectivity index (χ0n) is 9.65. The largest absolute Gasteiger partial charge is 0.478 e. The van der Waals surface area contributed by atoms with Crippen LogP contribution in [0.5, 0.6) is 0 Å². The second kappa shape index (κ2) is 5.61. The molecule has 0 spiro atoms. The first-order valence-electron chi connectivity index (χ1n) is 4.96. The Morgan fingerprint density at radius 1 is 1.61 bits per heavy atom. The van der Waals surface area contributed by atoms with E-state index in [0.717, 1.165) is 0 Å². The summed E-state index contributed by atoms with van der Waals surface area (Å²) in [5.41, 5.74) is 4.31. The monoisotopic (exact) mass is 274 g/mol. The summed E-state index contributed by atoms with van der Waals surface area (Å²) in [5.74, 6) is -1.47. The molecule has 0 saturated carbocycles. The molecule has 0 bridgehead atoms. The number of nitrogens with zero attached hydrogens (tertiary/aromatic N) is 2. The van der Waals surface area contributed by atoms with E-state index < -0.39 is 21.6 Å². The summed E-state index contributed by atoms with van der Waals surface area (Å²) in [6, 6.07) is 0. The number of anilines is 1. The van der Waals surface area contributed by atoms with E-state index in [4.69, 9.17) is 16.7 Å². The quantitative estimate of drug-likeness (QED) is 0.551. The normalized spacial score (nSPS) is 10.2. The van der Waals surface area contributed by atoms with Gasteiger partial charge in [0, 0.05) is 6.54 Å². The number of aryl methyl sites for hydroxylation is 1. The molecule has 0 saturated heterocycles. The van der Waals surface area contributed by atoms with Crippen LogP contribution in [0.3, 0.4) is 0 Å². The fraction of sp³-hybridized carbons (Fsp3) is 0.333. The van der Waals surface area contributed by atoms with Crippen LogP contribution in [0.4, 0.5) is 11.5 Å². The summed E-state index contributed by atoms with van der Waals surface area (Å²) < 4.78 is 0. The maximum atomic E-state index is 11.0. The van der Waals surface area contributed by atoms with Gasteiger partial charge in [-0.25, -0.2) is 15.2 Å². The molecular formula is C9H11ClN4O4. The lowest BCUT2D eigenvalue weighted by Crippen LogP contribution is -2.23. The third kappa shape index (κ3) is 2.66. The number of halogens is 1. The average Bonchev–Trinajstić information content (AvgIpc) is 2.24. The molecule has 0 unspecified atom stereocenters. The van der Waals surface area contributed by atoms with Crippen molar-refractivity contribution in [1.29, 1.82) is 0 Å². The highest BCUT2D eigenvalue weighted by Crippen LogP contribution is 2.35. The summed E-state index contributed by atoms with van der Waals surface area (Å²) in [7, 11) is 0. The Morgan fingerprint density at radius 3 is 2.67 bits per heavy atom. The van der Waals surface area contributed by atoms with E-state index in [1.54, 1.807) is 6.92 Å². The smallest absolute Gasteiger partial charge is 0.339 e. The molecule has 0 aliphatic rings. The fourth-order valence-electron chi connectivity index (χ4n) is 1.33. The first kappa shape index (κ1) is 14.1. The Kier molecular flexibility index (Phi) is 4.40. The highest BCUT2D eigenvalue weighted by molar-refractivity contribution is 6.36. The number of carboxylic acid groups (broad SMARTS) is 1. The fourth-order valence-corrected chi connectivity index (χ4v) is 1.71. The maximum Gasteiger partial charge on any atom is 0.339 e. The molecule has 1 aromatic heterocycles. The number of pyridine rings is 1. The summed E-state index contributed by atoms with van der Waals surface area (Å²) in [4.78, 5) is 24.9. The third-order valence-electron chi connectivity index (χ3n) is 2.07. The molecule has 8 nitrogen and oxygen atoms in total. The minimum absolute atomic E-state index is 0.0958. The average molecular weight is 275 g/mol. The molecule has 0 aliphatic heterocycles. The van der Waals surface area contributed by atoms with Crippen LogP contribution in [0.15, 0.2) is 0 Å². The number of hydrogen-bond donors (Lipinski definition) is 3. The number of carboxylic acids is 1. The molecule has 0 fully saturated rings. The molecular weight excluding hydrogens is 264 g/mol. The Hall–Kier alpha value is -1.93. The predicted octanol–water partition coefficient (Wildman–Crippen LogP) is 1.59. The van der Waals surface area contributed by atoms with Crippen molar-refractivity contribution < 1.29 is 14.8 Å². The molecule has 9 heteroatoms. The molecule has 0 radical (unpaired) electrons. The third-order valence-corrected chi connectivity index (χ3v) is 2.44. The van der Waals surface area contributed by atoms with Crippen LogP contribution in [0.2, 0.25) is 5.02 Å². The number of hydrogen-bond acceptors (Lipinski definition) is 6. The molecule has 0 aromatic carbocycles. The minimum Gasteiger partial charge on any atom is -0.478 e. The molecule has 1 aromatic rings. The van der Waals surface area contributed by atoms with Gasteiger partial charge >= 0.3 is 11.7 Å². The molecule has 18 heavy (non-hydrogen) atoms. The van der Waals surface area contributed by atoms with E-state index in [1.165, 1.54) is 6.92 Å². The first-order valence-corrected chi connectivity index (χ1v) is 5.34. The van der Waals surface area contributed by atoms with Gasteiger partial charge in [0.05, 0.1) is 10.6 Å². The van der Waals surface area contributed by atoms with Gasteiger partial charge in [0.2, 0.25) is 5.82 Å². The SMILES string of the molecule is CCNNc1nc(C)c(C(=O)O)c(Cl)c1[N+](=O)[O-]. The predicted molar refractivity (Wildman–Crippen MR) is 64.9 cm³/mol. The number of aromatic nitrogens is 1. The lowest BCUT2D eigenvalue weighted by Gasteiger charge is -2.10. The number of carbonyl (C=O) groups is 1. The van der Waals surface area contributed by atoms with Gasteiger partial charge in [-0.1, -0.05) is 18.5 Å². The Morgan fingerprint density at radius 2 is 2.22 bits per heavy atom. The van der Waals surface area contributed by atoms with Gasteiger partial charge in [-0.05, 0) is 6.92 Å². The van der Waals surface area contributed by atoms with Gasteiger partial charge in [-0.3, -0.25) is 15.5 Å². The van der Waals surface area contributed by atoms with Crippen LogP contribution in [0, 0.1) is 17.0 Å². The molecule has 0 amide bonds. The molecule has 1 heterocycles. The van der Waals surface area contributed by atoms with E-state index in [2.05, 4.69) is 15.8 Å². The van der Waals surface area contributed by atoms with Crippen molar-refractivity contribution in [3.05, 3.63) is 26.4 Å². The zero-order chi connectivity index (χ0) is 13.9. The van der Waals surface area contributed by atoms with E-state index >= 15 is 0 Å². The van der Waals surface area contributed by atoms with Gasteiger partial charge in [0.1, 0.15) is 10.6 Å². The van der Waals surface area contributed by atoms with Crippen molar-refractivity contribution in [2.45, 2.75) is 13.8 Å². The molecule has 0 atom stereocenters. The van der Waals surface area contributed by atoms with E-state index in [0.29, 0.717) is 6.54 Å². The van der Waals surface area contributed by atoms with Gasteiger partial charge in [-0.15, -0.1) is 0 Å². The maximum absolute atomic E-state index is 11.0. The summed E-state index contributed by atoms with van der Waals surface area (Å²) in [6.45, 7) is 3.69. The molecule has 1 rings (SSSR count).